The average Bonchev–Trinajstić information content (AvgIpc) is 3.12. The maximum Gasteiger partial charge on any atom is 0.244 e. The van der Waals surface area contributed by atoms with Gasteiger partial charge in [-0.15, -0.1) is 0 Å². The summed E-state index contributed by atoms with van der Waals surface area (Å²) in [6.07, 6.45) is 11.4. The summed E-state index contributed by atoms with van der Waals surface area (Å²) >= 11 is 3.55. The summed E-state index contributed by atoms with van der Waals surface area (Å²) in [5.41, 5.74) is 1.79. The van der Waals surface area contributed by atoms with Crippen LogP contribution in [-0.2, 0) is 21.2 Å². The van der Waals surface area contributed by atoms with E-state index < -0.39 is 10.0 Å². The molecule has 5 nitrogen and oxygen atoms in total. The molecular weight excluding hydrogens is 452 g/mol. The van der Waals surface area contributed by atoms with Crippen molar-refractivity contribution in [3.63, 3.8) is 0 Å². The highest BCUT2D eigenvalue weighted by Crippen LogP contribution is 2.40. The maximum atomic E-state index is 14.0. The first kappa shape index (κ1) is 21.3. The number of fused-ring (bicyclic) bond motifs is 1. The van der Waals surface area contributed by atoms with Gasteiger partial charge in [0.15, 0.2) is 0 Å². The highest BCUT2D eigenvalue weighted by atomic mass is 79.9. The lowest BCUT2D eigenvalue weighted by Crippen LogP contribution is -2.48. The zero-order chi connectivity index (χ0) is 20.6. The second kappa shape index (κ2) is 8.67. The molecule has 0 aromatic heterocycles. The monoisotopic (exact) mass is 482 g/mol. The molecule has 7 heteroatoms. The van der Waals surface area contributed by atoms with Gasteiger partial charge in [0.05, 0.1) is 4.90 Å². The zero-order valence-corrected chi connectivity index (χ0v) is 19.6. The van der Waals surface area contributed by atoms with Crippen LogP contribution in [0.3, 0.4) is 0 Å². The predicted octanol–water partition coefficient (Wildman–Crippen LogP) is 5.01. The van der Waals surface area contributed by atoms with Crippen molar-refractivity contribution in [1.29, 1.82) is 0 Å². The van der Waals surface area contributed by atoms with Crippen molar-refractivity contribution in [3.8, 4) is 0 Å². The Morgan fingerprint density at radius 1 is 1.00 bits per heavy atom. The van der Waals surface area contributed by atoms with Crippen molar-refractivity contribution < 1.29 is 13.2 Å². The van der Waals surface area contributed by atoms with Crippen LogP contribution in [0.15, 0.2) is 21.5 Å². The molecule has 2 aliphatic carbocycles. The number of benzene rings is 1. The molecule has 29 heavy (non-hydrogen) atoms. The van der Waals surface area contributed by atoms with Crippen LogP contribution in [0.4, 0.5) is 5.69 Å². The third-order valence-corrected chi connectivity index (χ3v) is 9.80. The Bertz CT molecular complexity index is 856. The highest BCUT2D eigenvalue weighted by Gasteiger charge is 2.40. The topological polar surface area (TPSA) is 57.7 Å². The molecule has 0 atom stereocenters. The number of anilines is 1. The van der Waals surface area contributed by atoms with Gasteiger partial charge in [-0.2, -0.15) is 4.31 Å². The maximum absolute atomic E-state index is 14.0. The molecule has 1 heterocycles. The first-order chi connectivity index (χ1) is 13.9. The van der Waals surface area contributed by atoms with Crippen molar-refractivity contribution >= 4 is 37.5 Å². The number of rotatable bonds is 4. The number of hydrogen-bond acceptors (Lipinski definition) is 3. The molecule has 0 N–H and O–H groups in total. The van der Waals surface area contributed by atoms with E-state index in [1.54, 1.807) is 17.9 Å². The van der Waals surface area contributed by atoms with Gasteiger partial charge in [-0.05, 0) is 65.7 Å². The predicted molar refractivity (Wildman–Crippen MR) is 119 cm³/mol. The van der Waals surface area contributed by atoms with Crippen LogP contribution in [0, 0.1) is 0 Å². The lowest BCUT2D eigenvalue weighted by atomic mass is 9.91. The van der Waals surface area contributed by atoms with Gasteiger partial charge in [0.2, 0.25) is 15.9 Å². The minimum absolute atomic E-state index is 0.0363. The zero-order valence-electron chi connectivity index (χ0n) is 17.2. The highest BCUT2D eigenvalue weighted by molar-refractivity contribution is 9.10. The second-order valence-corrected chi connectivity index (χ2v) is 11.4. The van der Waals surface area contributed by atoms with E-state index in [0.717, 1.165) is 69.0 Å². The molecule has 4 rings (SSSR count). The van der Waals surface area contributed by atoms with Crippen molar-refractivity contribution in [3.05, 3.63) is 22.2 Å². The summed E-state index contributed by atoms with van der Waals surface area (Å²) in [6.45, 7) is 2.16. The van der Waals surface area contributed by atoms with Gasteiger partial charge < -0.3 is 4.90 Å². The quantitative estimate of drug-likeness (QED) is 0.605. The van der Waals surface area contributed by atoms with Crippen molar-refractivity contribution in [2.24, 2.45) is 0 Å². The van der Waals surface area contributed by atoms with Gasteiger partial charge in [-0.1, -0.05) is 38.5 Å². The van der Waals surface area contributed by atoms with Crippen molar-refractivity contribution in [1.82, 2.24) is 4.31 Å². The second-order valence-electron chi connectivity index (χ2n) is 8.75. The van der Waals surface area contributed by atoms with E-state index in [-0.39, 0.29) is 18.0 Å². The van der Waals surface area contributed by atoms with Gasteiger partial charge in [-0.25, -0.2) is 8.42 Å². The summed E-state index contributed by atoms with van der Waals surface area (Å²) in [5, 5.41) is 0. The van der Waals surface area contributed by atoms with Crippen LogP contribution in [0.1, 0.15) is 76.7 Å². The molecule has 0 radical (unpaired) electrons. The van der Waals surface area contributed by atoms with Crippen molar-refractivity contribution in [2.75, 3.05) is 11.4 Å². The molecule has 2 fully saturated rings. The summed E-state index contributed by atoms with van der Waals surface area (Å²) in [5.74, 6) is -0.0363. The van der Waals surface area contributed by atoms with E-state index in [4.69, 9.17) is 0 Å². The molecule has 160 valence electrons. The first-order valence-corrected chi connectivity index (χ1v) is 13.3. The van der Waals surface area contributed by atoms with E-state index in [1.165, 1.54) is 12.8 Å². The van der Waals surface area contributed by atoms with Gasteiger partial charge in [0, 0.05) is 35.7 Å². The van der Waals surface area contributed by atoms with Crippen LogP contribution in [0.5, 0.6) is 0 Å². The number of amides is 1. The Balaban J connectivity index is 1.76. The molecule has 0 bridgehead atoms. The summed E-state index contributed by atoms with van der Waals surface area (Å²) in [7, 11) is -3.65. The minimum atomic E-state index is -3.65. The third-order valence-electron chi connectivity index (χ3n) is 6.83. The molecule has 2 saturated carbocycles. The van der Waals surface area contributed by atoms with E-state index in [0.29, 0.717) is 15.9 Å². The molecule has 3 aliphatic rings. The number of sulfonamides is 1. The standard InChI is InChI=1S/C22H31BrN2O3S/c1-16(26)24-13-12-17-14-20(23)22(15-21(17)24)29(27,28)25(18-8-4-2-5-9-18)19-10-6-3-7-11-19/h14-15,18-19H,2-13H2,1H3. The SMILES string of the molecule is CC(=O)N1CCc2cc(Br)c(S(=O)(=O)N(C3CCCCC3)C3CCCCC3)cc21. The summed E-state index contributed by atoms with van der Waals surface area (Å²) in [4.78, 5) is 14.1. The Morgan fingerprint density at radius 2 is 1.55 bits per heavy atom. The third kappa shape index (κ3) is 4.15. The molecule has 1 amide bonds. The van der Waals surface area contributed by atoms with Crippen LogP contribution in [-0.4, -0.2) is 37.3 Å². The number of nitrogens with zero attached hydrogens (tertiary/aromatic N) is 2. The molecule has 0 saturated heterocycles. The molecular formula is C22H31BrN2O3S. The molecule has 0 spiro atoms. The Morgan fingerprint density at radius 3 is 2.07 bits per heavy atom. The minimum Gasteiger partial charge on any atom is -0.312 e. The average molecular weight is 483 g/mol. The largest absolute Gasteiger partial charge is 0.312 e. The summed E-state index contributed by atoms with van der Waals surface area (Å²) in [6, 6.07) is 3.84. The molecule has 1 aromatic carbocycles. The lowest BCUT2D eigenvalue weighted by molar-refractivity contribution is -0.116. The smallest absolute Gasteiger partial charge is 0.244 e. The number of carbonyl (C=O) groups is 1. The van der Waals surface area contributed by atoms with Crippen LogP contribution >= 0.6 is 15.9 Å². The summed E-state index contributed by atoms with van der Waals surface area (Å²) < 4.78 is 30.5. The Kier molecular flexibility index (Phi) is 6.38. The molecule has 1 aliphatic heterocycles. The Hall–Kier alpha value is -0.920. The molecule has 1 aromatic rings. The fourth-order valence-electron chi connectivity index (χ4n) is 5.39. The molecule has 0 unspecified atom stereocenters. The van der Waals surface area contributed by atoms with Crippen LogP contribution in [0.25, 0.3) is 0 Å². The lowest BCUT2D eigenvalue weighted by Gasteiger charge is -2.40. The number of carbonyl (C=O) groups excluding carboxylic acids is 1. The van der Waals surface area contributed by atoms with E-state index in [1.807, 2.05) is 10.4 Å². The first-order valence-electron chi connectivity index (χ1n) is 11.0. The van der Waals surface area contributed by atoms with Crippen LogP contribution in [0.2, 0.25) is 0 Å². The fraction of sp³-hybridized carbons (Fsp3) is 0.682. The van der Waals surface area contributed by atoms with E-state index >= 15 is 0 Å². The van der Waals surface area contributed by atoms with Gasteiger partial charge >= 0.3 is 0 Å². The van der Waals surface area contributed by atoms with Gasteiger partial charge in [-0.3, -0.25) is 4.79 Å². The van der Waals surface area contributed by atoms with Crippen LogP contribution < -0.4 is 4.90 Å². The van der Waals surface area contributed by atoms with Gasteiger partial charge in [0.1, 0.15) is 0 Å². The van der Waals surface area contributed by atoms with Gasteiger partial charge in [0.25, 0.3) is 0 Å². The number of halogens is 1. The number of hydrogen-bond donors (Lipinski definition) is 0. The Labute approximate surface area is 183 Å². The van der Waals surface area contributed by atoms with Crippen molar-refractivity contribution in [2.45, 2.75) is 94.5 Å². The van der Waals surface area contributed by atoms with E-state index in [2.05, 4.69) is 15.9 Å². The van der Waals surface area contributed by atoms with E-state index in [9.17, 15) is 13.2 Å². The fourth-order valence-corrected chi connectivity index (χ4v) is 8.39. The normalized spacial score (nSPS) is 21.6.